The molecule has 0 spiro atoms. The van der Waals surface area contributed by atoms with Crippen molar-refractivity contribution in [3.63, 3.8) is 0 Å². The van der Waals surface area contributed by atoms with Crippen LogP contribution in [-0.4, -0.2) is 29.9 Å². The van der Waals surface area contributed by atoms with E-state index in [2.05, 4.69) is 0 Å². The molecule has 0 aromatic heterocycles. The van der Waals surface area contributed by atoms with Crippen LogP contribution in [0.5, 0.6) is 0 Å². The molecule has 5 heteroatoms. The summed E-state index contributed by atoms with van der Waals surface area (Å²) in [6.45, 7) is 3.23. The topological polar surface area (TPSA) is 46.3 Å². The van der Waals surface area contributed by atoms with Crippen LogP contribution in [0.3, 0.4) is 0 Å². The van der Waals surface area contributed by atoms with Crippen LogP contribution in [-0.2, 0) is 4.79 Å². The molecule has 3 nitrogen and oxygen atoms in total. The number of likely N-dealkylation sites (tertiary alicyclic amines) is 1. The van der Waals surface area contributed by atoms with Crippen molar-refractivity contribution in [1.29, 1.82) is 0 Å². The maximum Gasteiger partial charge on any atom is 0.219 e. The van der Waals surface area contributed by atoms with Gasteiger partial charge in [0.2, 0.25) is 5.91 Å². The van der Waals surface area contributed by atoms with Crippen LogP contribution in [0.1, 0.15) is 19.8 Å². The number of nitrogens with two attached hydrogens (primary N) is 1. The summed E-state index contributed by atoms with van der Waals surface area (Å²) in [6.07, 6.45) is 2.12. The summed E-state index contributed by atoms with van der Waals surface area (Å²) in [5.74, 6) is 0.148. The summed E-state index contributed by atoms with van der Waals surface area (Å²) >= 11 is 0. The Bertz CT molecular complexity index is 143. The van der Waals surface area contributed by atoms with Gasteiger partial charge in [-0.2, -0.15) is 0 Å². The predicted octanol–water partition coefficient (Wildman–Crippen LogP) is 0.800. The summed E-state index contributed by atoms with van der Waals surface area (Å²) < 4.78 is 0. The van der Waals surface area contributed by atoms with Crippen molar-refractivity contribution in [2.45, 2.75) is 25.8 Å². The van der Waals surface area contributed by atoms with E-state index in [-0.39, 0.29) is 36.8 Å². The predicted molar refractivity (Wildman–Crippen MR) is 54.0 cm³/mol. The molecule has 1 fully saturated rings. The lowest BCUT2D eigenvalue weighted by Gasteiger charge is -2.29. The number of piperidine rings is 1. The van der Waals surface area contributed by atoms with Gasteiger partial charge in [-0.05, 0) is 12.8 Å². The van der Waals surface area contributed by atoms with E-state index < -0.39 is 0 Å². The standard InChI is InChI=1S/C7H14N2O.2ClH/c1-6(10)9-4-2-3-7(8)5-9;;/h7H,2-5,8H2,1H3;2*1H/t7-;;/m0../s1. The van der Waals surface area contributed by atoms with E-state index in [0.717, 1.165) is 25.9 Å². The van der Waals surface area contributed by atoms with E-state index in [4.69, 9.17) is 5.73 Å². The Morgan fingerprint density at radius 2 is 2.08 bits per heavy atom. The number of carbonyl (C=O) groups excluding carboxylic acids is 1. The fraction of sp³-hybridized carbons (Fsp3) is 0.857. The van der Waals surface area contributed by atoms with Gasteiger partial charge < -0.3 is 10.6 Å². The Morgan fingerprint density at radius 3 is 2.42 bits per heavy atom. The van der Waals surface area contributed by atoms with Crippen molar-refractivity contribution in [2.24, 2.45) is 5.73 Å². The van der Waals surface area contributed by atoms with E-state index in [1.54, 1.807) is 6.92 Å². The minimum atomic E-state index is 0. The average molecular weight is 215 g/mol. The zero-order valence-electron chi connectivity index (χ0n) is 7.16. The van der Waals surface area contributed by atoms with E-state index >= 15 is 0 Å². The van der Waals surface area contributed by atoms with Crippen LogP contribution in [0.25, 0.3) is 0 Å². The third kappa shape index (κ3) is 4.14. The van der Waals surface area contributed by atoms with Gasteiger partial charge in [0, 0.05) is 26.1 Å². The van der Waals surface area contributed by atoms with Gasteiger partial charge in [0.15, 0.2) is 0 Å². The Balaban J connectivity index is 0. The summed E-state index contributed by atoms with van der Waals surface area (Å²) in [7, 11) is 0. The Hall–Kier alpha value is 0.01000. The first-order valence-corrected chi connectivity index (χ1v) is 3.71. The molecule has 0 aliphatic carbocycles. The van der Waals surface area contributed by atoms with Gasteiger partial charge in [0.1, 0.15) is 0 Å². The van der Waals surface area contributed by atoms with E-state index in [9.17, 15) is 4.79 Å². The second kappa shape index (κ2) is 6.52. The molecule has 1 rings (SSSR count). The number of nitrogens with zero attached hydrogens (tertiary/aromatic N) is 1. The van der Waals surface area contributed by atoms with Gasteiger partial charge in [-0.15, -0.1) is 24.8 Å². The van der Waals surface area contributed by atoms with Gasteiger partial charge in [0.05, 0.1) is 0 Å². The Labute approximate surface area is 85.5 Å². The first-order valence-electron chi connectivity index (χ1n) is 3.71. The lowest BCUT2D eigenvalue weighted by Crippen LogP contribution is -2.44. The monoisotopic (exact) mass is 214 g/mol. The van der Waals surface area contributed by atoms with Crippen LogP contribution < -0.4 is 5.73 Å². The lowest BCUT2D eigenvalue weighted by molar-refractivity contribution is -0.129. The van der Waals surface area contributed by atoms with Crippen molar-refractivity contribution < 1.29 is 4.79 Å². The molecule has 0 aromatic carbocycles. The first kappa shape index (κ1) is 14.5. The van der Waals surface area contributed by atoms with E-state index in [1.165, 1.54) is 0 Å². The molecule has 0 aromatic rings. The molecule has 1 aliphatic heterocycles. The molecule has 2 N–H and O–H groups in total. The number of hydrogen-bond acceptors (Lipinski definition) is 2. The largest absolute Gasteiger partial charge is 0.341 e. The van der Waals surface area contributed by atoms with Crippen LogP contribution in [0.2, 0.25) is 0 Å². The molecule has 0 radical (unpaired) electrons. The lowest BCUT2D eigenvalue weighted by atomic mass is 10.1. The second-order valence-electron chi connectivity index (χ2n) is 2.87. The number of hydrogen-bond donors (Lipinski definition) is 1. The number of amides is 1. The van der Waals surface area contributed by atoms with Crippen molar-refractivity contribution in [2.75, 3.05) is 13.1 Å². The van der Waals surface area contributed by atoms with Crippen LogP contribution in [0, 0.1) is 0 Å². The molecular weight excluding hydrogens is 199 g/mol. The third-order valence-corrected chi connectivity index (χ3v) is 1.90. The van der Waals surface area contributed by atoms with Crippen LogP contribution >= 0.6 is 24.8 Å². The molecular formula is C7H16Cl2N2O. The second-order valence-corrected chi connectivity index (χ2v) is 2.87. The Morgan fingerprint density at radius 1 is 1.50 bits per heavy atom. The molecule has 74 valence electrons. The number of carbonyl (C=O) groups is 1. The van der Waals surface area contributed by atoms with Gasteiger partial charge in [0.25, 0.3) is 0 Å². The van der Waals surface area contributed by atoms with Crippen LogP contribution in [0.15, 0.2) is 0 Å². The average Bonchev–Trinajstić information content (AvgIpc) is 1.88. The highest BCUT2D eigenvalue weighted by Crippen LogP contribution is 2.07. The summed E-state index contributed by atoms with van der Waals surface area (Å²) in [6, 6.07) is 0.206. The summed E-state index contributed by atoms with van der Waals surface area (Å²) in [5.41, 5.74) is 5.67. The molecule has 1 saturated heterocycles. The number of rotatable bonds is 0. The normalized spacial score (nSPS) is 22.2. The molecule has 1 atom stereocenters. The first-order chi connectivity index (χ1) is 4.70. The summed E-state index contributed by atoms with van der Waals surface area (Å²) in [4.78, 5) is 12.6. The number of halogens is 2. The van der Waals surface area contributed by atoms with Crippen molar-refractivity contribution in [1.82, 2.24) is 4.90 Å². The Kier molecular flexibility index (Phi) is 7.89. The van der Waals surface area contributed by atoms with Crippen molar-refractivity contribution in [3.05, 3.63) is 0 Å². The molecule has 0 unspecified atom stereocenters. The van der Waals surface area contributed by atoms with Crippen molar-refractivity contribution in [3.8, 4) is 0 Å². The third-order valence-electron chi connectivity index (χ3n) is 1.90. The minimum absolute atomic E-state index is 0. The van der Waals surface area contributed by atoms with Gasteiger partial charge in [-0.3, -0.25) is 4.79 Å². The maximum atomic E-state index is 10.8. The SMILES string of the molecule is CC(=O)N1CCC[C@H](N)C1.Cl.Cl. The van der Waals surface area contributed by atoms with Gasteiger partial charge in [-0.25, -0.2) is 0 Å². The quantitative estimate of drug-likeness (QED) is 0.649. The van der Waals surface area contributed by atoms with Gasteiger partial charge in [-0.1, -0.05) is 0 Å². The van der Waals surface area contributed by atoms with Gasteiger partial charge >= 0.3 is 0 Å². The van der Waals surface area contributed by atoms with Crippen LogP contribution in [0.4, 0.5) is 0 Å². The zero-order valence-corrected chi connectivity index (χ0v) is 8.79. The highest BCUT2D eigenvalue weighted by molar-refractivity contribution is 5.85. The molecule has 1 heterocycles. The highest BCUT2D eigenvalue weighted by Gasteiger charge is 2.17. The fourth-order valence-corrected chi connectivity index (χ4v) is 1.30. The molecule has 1 aliphatic rings. The molecule has 0 bridgehead atoms. The maximum absolute atomic E-state index is 10.8. The molecule has 12 heavy (non-hydrogen) atoms. The minimum Gasteiger partial charge on any atom is -0.341 e. The summed E-state index contributed by atoms with van der Waals surface area (Å²) in [5, 5.41) is 0. The highest BCUT2D eigenvalue weighted by atomic mass is 35.5. The fourth-order valence-electron chi connectivity index (χ4n) is 1.30. The zero-order chi connectivity index (χ0) is 7.56. The van der Waals surface area contributed by atoms with Crippen molar-refractivity contribution >= 4 is 30.7 Å². The van der Waals surface area contributed by atoms with E-state index in [0.29, 0.717) is 0 Å². The van der Waals surface area contributed by atoms with E-state index in [1.807, 2.05) is 4.90 Å². The smallest absolute Gasteiger partial charge is 0.219 e. The molecule has 0 saturated carbocycles. The molecule has 1 amide bonds.